The number of aryl methyl sites for hydroxylation is 2. The molecule has 6 nitrogen and oxygen atoms in total. The van der Waals surface area contributed by atoms with Gasteiger partial charge in [-0.1, -0.05) is 41.4 Å². The van der Waals surface area contributed by atoms with E-state index in [2.05, 4.69) is 17.2 Å². The number of benzene rings is 1. The van der Waals surface area contributed by atoms with Crippen LogP contribution in [0.3, 0.4) is 0 Å². The lowest BCUT2D eigenvalue weighted by atomic mass is 9.97. The minimum absolute atomic E-state index is 0.146. The summed E-state index contributed by atoms with van der Waals surface area (Å²) in [6, 6.07) is 8.20. The summed E-state index contributed by atoms with van der Waals surface area (Å²) in [6.07, 6.45) is 4.71. The van der Waals surface area contributed by atoms with Crippen molar-refractivity contribution in [2.45, 2.75) is 33.2 Å². The summed E-state index contributed by atoms with van der Waals surface area (Å²) in [7, 11) is 0. The maximum atomic E-state index is 12.5. The quantitative estimate of drug-likeness (QED) is 0.783. The first-order chi connectivity index (χ1) is 13.3. The Bertz CT molecular complexity index is 902. The van der Waals surface area contributed by atoms with Crippen LogP contribution in [0.4, 0.5) is 0 Å². The number of halogens is 1. The highest BCUT2D eigenvalue weighted by atomic mass is 35.5. The number of rotatable bonds is 5. The van der Waals surface area contributed by atoms with Gasteiger partial charge in [0.15, 0.2) is 0 Å². The van der Waals surface area contributed by atoms with Crippen molar-refractivity contribution in [1.29, 1.82) is 0 Å². The number of hydrogen-bond donors (Lipinski definition) is 1. The molecule has 2 N–H and O–H groups in total. The number of aromatic nitrogens is 2. The van der Waals surface area contributed by atoms with E-state index < -0.39 is 0 Å². The minimum Gasteiger partial charge on any atom is -0.369 e. The first kappa shape index (κ1) is 20.1. The van der Waals surface area contributed by atoms with E-state index in [0.717, 1.165) is 29.7 Å². The van der Waals surface area contributed by atoms with Crippen LogP contribution in [0.25, 0.3) is 6.08 Å². The number of hydrogen-bond acceptors (Lipinski definition) is 3. The van der Waals surface area contributed by atoms with Gasteiger partial charge in [0.1, 0.15) is 5.15 Å². The Morgan fingerprint density at radius 1 is 1.29 bits per heavy atom. The first-order valence-corrected chi connectivity index (χ1v) is 9.77. The lowest BCUT2D eigenvalue weighted by molar-refractivity contribution is -0.130. The molecular weight excluding hydrogens is 376 g/mol. The second-order valence-electron chi connectivity index (χ2n) is 7.29. The minimum atomic E-state index is -0.349. The number of likely N-dealkylation sites (tertiary alicyclic amines) is 1. The molecule has 0 saturated carbocycles. The third kappa shape index (κ3) is 4.62. The molecule has 28 heavy (non-hydrogen) atoms. The third-order valence-electron chi connectivity index (χ3n) is 5.09. The van der Waals surface area contributed by atoms with Gasteiger partial charge < -0.3 is 10.6 Å². The van der Waals surface area contributed by atoms with Crippen LogP contribution >= 0.6 is 11.6 Å². The monoisotopic (exact) mass is 400 g/mol. The van der Waals surface area contributed by atoms with Crippen molar-refractivity contribution in [3.63, 3.8) is 0 Å². The van der Waals surface area contributed by atoms with Crippen LogP contribution in [0.15, 0.2) is 30.3 Å². The smallest absolute Gasteiger partial charge is 0.246 e. The molecule has 7 heteroatoms. The molecular formula is C21H25ClN4O2. The third-order valence-corrected chi connectivity index (χ3v) is 5.49. The van der Waals surface area contributed by atoms with Gasteiger partial charge in [0, 0.05) is 24.7 Å². The fourth-order valence-corrected chi connectivity index (χ4v) is 3.69. The molecule has 0 radical (unpaired) electrons. The Morgan fingerprint density at radius 3 is 2.68 bits per heavy atom. The summed E-state index contributed by atoms with van der Waals surface area (Å²) in [5.74, 6) is -0.765. The van der Waals surface area contributed by atoms with E-state index in [1.54, 1.807) is 15.7 Å². The summed E-state index contributed by atoms with van der Waals surface area (Å²) in [5.41, 5.74) is 9.17. The van der Waals surface area contributed by atoms with Crippen molar-refractivity contribution < 1.29 is 9.59 Å². The van der Waals surface area contributed by atoms with Crippen molar-refractivity contribution in [3.05, 3.63) is 57.9 Å². The lowest BCUT2D eigenvalue weighted by Gasteiger charge is -2.30. The number of primary amides is 1. The fourth-order valence-electron chi connectivity index (χ4n) is 3.40. The molecule has 1 aliphatic heterocycles. The van der Waals surface area contributed by atoms with Gasteiger partial charge in [-0.25, -0.2) is 4.68 Å². The van der Waals surface area contributed by atoms with E-state index in [-0.39, 0.29) is 17.7 Å². The molecule has 3 rings (SSSR count). The van der Waals surface area contributed by atoms with Gasteiger partial charge in [-0.15, -0.1) is 0 Å². The molecule has 1 aromatic heterocycles. The van der Waals surface area contributed by atoms with E-state index in [1.165, 1.54) is 11.6 Å². The number of nitrogens with two attached hydrogens (primary N) is 1. The number of piperidine rings is 1. The number of carbonyl (C=O) groups is 2. The zero-order valence-corrected chi connectivity index (χ0v) is 16.9. The predicted molar refractivity (Wildman–Crippen MR) is 110 cm³/mol. The molecule has 2 aromatic rings. The topological polar surface area (TPSA) is 81.2 Å². The van der Waals surface area contributed by atoms with Gasteiger partial charge in [0.05, 0.1) is 18.2 Å². The van der Waals surface area contributed by atoms with E-state index in [0.29, 0.717) is 24.8 Å². The highest BCUT2D eigenvalue weighted by molar-refractivity contribution is 6.31. The van der Waals surface area contributed by atoms with Crippen LogP contribution in [0, 0.1) is 19.8 Å². The van der Waals surface area contributed by atoms with Gasteiger partial charge >= 0.3 is 0 Å². The summed E-state index contributed by atoms with van der Waals surface area (Å²) < 4.78 is 1.73. The normalized spacial score (nSPS) is 17.2. The van der Waals surface area contributed by atoms with Crippen molar-refractivity contribution in [1.82, 2.24) is 14.7 Å². The van der Waals surface area contributed by atoms with Crippen molar-refractivity contribution in [2.24, 2.45) is 11.7 Å². The van der Waals surface area contributed by atoms with Crippen LogP contribution < -0.4 is 5.73 Å². The standard InChI is InChI=1S/C21H25ClN4O2/c1-14-5-7-16(8-6-14)12-26-20(22)18(15(2)24-26)9-10-19(27)25-11-3-4-17(13-25)21(23)28/h5-10,17H,3-4,11-13H2,1-2H3,(H2,23,28). The fraction of sp³-hybridized carbons (Fsp3) is 0.381. The van der Waals surface area contributed by atoms with E-state index >= 15 is 0 Å². The second kappa shape index (κ2) is 8.61. The van der Waals surface area contributed by atoms with E-state index in [9.17, 15) is 9.59 Å². The van der Waals surface area contributed by atoms with Crippen molar-refractivity contribution >= 4 is 29.5 Å². The van der Waals surface area contributed by atoms with Crippen LogP contribution in [-0.2, 0) is 16.1 Å². The molecule has 0 bridgehead atoms. The summed E-state index contributed by atoms with van der Waals surface area (Å²) in [4.78, 5) is 25.6. The van der Waals surface area contributed by atoms with Gasteiger partial charge in [0.2, 0.25) is 11.8 Å². The van der Waals surface area contributed by atoms with E-state index in [4.69, 9.17) is 17.3 Å². The van der Waals surface area contributed by atoms with Gasteiger partial charge in [-0.3, -0.25) is 9.59 Å². The summed E-state index contributed by atoms with van der Waals surface area (Å²) in [5, 5.41) is 5.00. The van der Waals surface area contributed by atoms with Crippen LogP contribution in [0.2, 0.25) is 5.15 Å². The summed E-state index contributed by atoms with van der Waals surface area (Å²) in [6.45, 7) is 5.48. The molecule has 1 aliphatic rings. The zero-order chi connectivity index (χ0) is 20.3. The van der Waals surface area contributed by atoms with Crippen LogP contribution in [-0.4, -0.2) is 39.6 Å². The predicted octanol–water partition coefficient (Wildman–Crippen LogP) is 2.94. The van der Waals surface area contributed by atoms with Gasteiger partial charge in [-0.2, -0.15) is 5.10 Å². The molecule has 1 atom stereocenters. The highest BCUT2D eigenvalue weighted by Gasteiger charge is 2.26. The number of carbonyl (C=O) groups excluding carboxylic acids is 2. The average Bonchev–Trinajstić information content (AvgIpc) is 2.94. The first-order valence-electron chi connectivity index (χ1n) is 9.40. The Hall–Kier alpha value is -2.60. The summed E-state index contributed by atoms with van der Waals surface area (Å²) >= 11 is 6.51. The Balaban J connectivity index is 1.71. The SMILES string of the molecule is Cc1ccc(Cn2nc(C)c(C=CC(=O)N3CCCC(C(N)=O)C3)c2Cl)cc1. The molecule has 1 saturated heterocycles. The Morgan fingerprint density at radius 2 is 2.00 bits per heavy atom. The van der Waals surface area contributed by atoms with Crippen LogP contribution in [0.1, 0.15) is 35.2 Å². The molecule has 2 heterocycles. The lowest BCUT2D eigenvalue weighted by Crippen LogP contribution is -2.43. The average molecular weight is 401 g/mol. The van der Waals surface area contributed by atoms with Gasteiger partial charge in [0.25, 0.3) is 0 Å². The van der Waals surface area contributed by atoms with Crippen LogP contribution in [0.5, 0.6) is 0 Å². The number of amides is 2. The van der Waals surface area contributed by atoms with Gasteiger partial charge in [-0.05, 0) is 38.3 Å². The Labute approximate surface area is 170 Å². The molecule has 0 spiro atoms. The molecule has 0 aliphatic carbocycles. The molecule has 148 valence electrons. The second-order valence-corrected chi connectivity index (χ2v) is 7.65. The van der Waals surface area contributed by atoms with Crippen molar-refractivity contribution in [2.75, 3.05) is 13.1 Å². The maximum Gasteiger partial charge on any atom is 0.246 e. The zero-order valence-electron chi connectivity index (χ0n) is 16.2. The Kier molecular flexibility index (Phi) is 6.19. The molecule has 1 fully saturated rings. The largest absolute Gasteiger partial charge is 0.369 e. The number of nitrogens with zero attached hydrogens (tertiary/aromatic N) is 3. The highest BCUT2D eigenvalue weighted by Crippen LogP contribution is 2.23. The molecule has 2 amide bonds. The van der Waals surface area contributed by atoms with E-state index in [1.807, 2.05) is 26.0 Å². The molecule has 1 aromatic carbocycles. The maximum absolute atomic E-state index is 12.5. The van der Waals surface area contributed by atoms with Crippen molar-refractivity contribution in [3.8, 4) is 0 Å². The molecule has 1 unspecified atom stereocenters.